The van der Waals surface area contributed by atoms with E-state index in [-0.39, 0.29) is 12.5 Å². The summed E-state index contributed by atoms with van der Waals surface area (Å²) in [6.45, 7) is 4.41. The number of hydrogen-bond donors (Lipinski definition) is 1. The predicted molar refractivity (Wildman–Crippen MR) is 67.4 cm³/mol. The molecule has 0 saturated heterocycles. The van der Waals surface area contributed by atoms with E-state index in [1.807, 2.05) is 18.2 Å². The maximum Gasteiger partial charge on any atom is 0.269 e. The second kappa shape index (κ2) is 4.37. The molecule has 0 aromatic heterocycles. The molecule has 1 unspecified atom stereocenters. The van der Waals surface area contributed by atoms with E-state index in [0.29, 0.717) is 5.92 Å². The van der Waals surface area contributed by atoms with Crippen molar-refractivity contribution in [2.24, 2.45) is 5.73 Å². The first-order valence-electron chi connectivity index (χ1n) is 5.83. The van der Waals surface area contributed by atoms with E-state index < -0.39 is 6.10 Å². The number of rotatable bonds is 2. The van der Waals surface area contributed by atoms with Gasteiger partial charge in [-0.2, -0.15) is 0 Å². The molecule has 1 aromatic carbocycles. The van der Waals surface area contributed by atoms with E-state index >= 15 is 0 Å². The molecule has 92 valence electrons. The van der Waals surface area contributed by atoms with E-state index in [1.54, 1.807) is 11.9 Å². The summed E-state index contributed by atoms with van der Waals surface area (Å²) in [6.07, 6.45) is -0.563. The Balaban J connectivity index is 2.52. The van der Waals surface area contributed by atoms with Gasteiger partial charge in [0.15, 0.2) is 6.10 Å². The molecule has 0 fully saturated rings. The van der Waals surface area contributed by atoms with Crippen LogP contribution in [0.15, 0.2) is 18.2 Å². The van der Waals surface area contributed by atoms with Gasteiger partial charge in [0.1, 0.15) is 5.75 Å². The molecule has 1 aliphatic rings. The summed E-state index contributed by atoms with van der Waals surface area (Å²) in [4.78, 5) is 13.5. The summed E-state index contributed by atoms with van der Waals surface area (Å²) in [5, 5.41) is 0. The Morgan fingerprint density at radius 3 is 2.76 bits per heavy atom. The fourth-order valence-electron chi connectivity index (χ4n) is 2.07. The normalized spacial score (nSPS) is 19.2. The number of anilines is 1. The highest BCUT2D eigenvalue weighted by Crippen LogP contribution is 2.39. The van der Waals surface area contributed by atoms with Crippen LogP contribution in [0.25, 0.3) is 0 Å². The fraction of sp³-hybridized carbons (Fsp3) is 0.462. The highest BCUT2D eigenvalue weighted by molar-refractivity contribution is 6.00. The fourth-order valence-corrected chi connectivity index (χ4v) is 2.07. The highest BCUT2D eigenvalue weighted by Gasteiger charge is 2.32. The maximum atomic E-state index is 11.9. The molecule has 2 N–H and O–H groups in total. The van der Waals surface area contributed by atoms with E-state index in [1.165, 1.54) is 0 Å². The minimum absolute atomic E-state index is 0.0825. The molecule has 1 heterocycles. The Bertz CT molecular complexity index is 443. The SMILES string of the molecule is CC(C)c1cccc2c1OC(CN)C(=O)N2C. The monoisotopic (exact) mass is 234 g/mol. The highest BCUT2D eigenvalue weighted by atomic mass is 16.5. The molecule has 1 aromatic rings. The van der Waals surface area contributed by atoms with Crippen molar-refractivity contribution in [3.63, 3.8) is 0 Å². The number of carbonyl (C=O) groups excluding carboxylic acids is 1. The Morgan fingerprint density at radius 2 is 2.18 bits per heavy atom. The summed E-state index contributed by atoms with van der Waals surface area (Å²) < 4.78 is 5.74. The molecular weight excluding hydrogens is 216 g/mol. The third-order valence-electron chi connectivity index (χ3n) is 3.09. The molecule has 1 atom stereocenters. The first kappa shape index (κ1) is 11.9. The van der Waals surface area contributed by atoms with Crippen molar-refractivity contribution in [1.29, 1.82) is 0 Å². The number of hydrogen-bond acceptors (Lipinski definition) is 3. The molecule has 0 aliphatic carbocycles. The molecule has 0 spiro atoms. The molecular formula is C13H18N2O2. The number of ether oxygens (including phenoxy) is 1. The first-order chi connectivity index (χ1) is 8.06. The van der Waals surface area contributed by atoms with Gasteiger partial charge in [-0.3, -0.25) is 4.79 Å². The van der Waals surface area contributed by atoms with Crippen LogP contribution in [0.1, 0.15) is 25.3 Å². The van der Waals surface area contributed by atoms with Crippen molar-refractivity contribution in [1.82, 2.24) is 0 Å². The topological polar surface area (TPSA) is 55.6 Å². The Morgan fingerprint density at radius 1 is 1.47 bits per heavy atom. The maximum absolute atomic E-state index is 11.9. The Labute approximate surface area is 101 Å². The van der Waals surface area contributed by atoms with Crippen molar-refractivity contribution >= 4 is 11.6 Å². The summed E-state index contributed by atoms with van der Waals surface area (Å²) in [5.74, 6) is 1.06. The zero-order valence-corrected chi connectivity index (χ0v) is 10.4. The molecule has 1 aliphatic heterocycles. The van der Waals surface area contributed by atoms with E-state index in [0.717, 1.165) is 17.0 Å². The van der Waals surface area contributed by atoms with Crippen molar-refractivity contribution in [3.8, 4) is 5.75 Å². The Kier molecular flexibility index (Phi) is 3.07. The van der Waals surface area contributed by atoms with Gasteiger partial charge in [-0.15, -0.1) is 0 Å². The summed E-state index contributed by atoms with van der Waals surface area (Å²) in [5.41, 5.74) is 7.50. The lowest BCUT2D eigenvalue weighted by atomic mass is 9.99. The number of nitrogens with zero attached hydrogens (tertiary/aromatic N) is 1. The zero-order chi connectivity index (χ0) is 12.6. The molecule has 17 heavy (non-hydrogen) atoms. The van der Waals surface area contributed by atoms with Gasteiger partial charge in [-0.25, -0.2) is 0 Å². The van der Waals surface area contributed by atoms with E-state index in [9.17, 15) is 4.79 Å². The predicted octanol–water partition coefficient (Wildman–Crippen LogP) is 1.49. The van der Waals surface area contributed by atoms with Crippen LogP contribution < -0.4 is 15.4 Å². The lowest BCUT2D eigenvalue weighted by Crippen LogP contribution is -2.47. The van der Waals surface area contributed by atoms with E-state index in [2.05, 4.69) is 13.8 Å². The van der Waals surface area contributed by atoms with Crippen molar-refractivity contribution in [2.45, 2.75) is 25.9 Å². The number of carbonyl (C=O) groups is 1. The van der Waals surface area contributed by atoms with Gasteiger partial charge in [0.05, 0.1) is 5.69 Å². The molecule has 2 rings (SSSR count). The minimum Gasteiger partial charge on any atom is -0.477 e. The molecule has 0 radical (unpaired) electrons. The average molecular weight is 234 g/mol. The summed E-state index contributed by atoms with van der Waals surface area (Å²) in [6, 6.07) is 5.87. The van der Waals surface area contributed by atoms with Crippen molar-refractivity contribution in [3.05, 3.63) is 23.8 Å². The Hall–Kier alpha value is -1.55. The molecule has 4 nitrogen and oxygen atoms in total. The van der Waals surface area contributed by atoms with Gasteiger partial charge < -0.3 is 15.4 Å². The average Bonchev–Trinajstić information content (AvgIpc) is 2.32. The second-order valence-electron chi connectivity index (χ2n) is 4.59. The number of fused-ring (bicyclic) bond motifs is 1. The van der Waals surface area contributed by atoms with Gasteiger partial charge in [0, 0.05) is 13.6 Å². The van der Waals surface area contributed by atoms with Crippen LogP contribution in [0, 0.1) is 0 Å². The van der Waals surface area contributed by atoms with Gasteiger partial charge in [0.2, 0.25) is 0 Å². The van der Waals surface area contributed by atoms with Crippen LogP contribution in [-0.2, 0) is 4.79 Å². The standard InChI is InChI=1S/C13H18N2O2/c1-8(2)9-5-4-6-10-12(9)17-11(7-14)13(16)15(10)3/h4-6,8,11H,7,14H2,1-3H3. The third kappa shape index (κ3) is 1.89. The van der Waals surface area contributed by atoms with E-state index in [4.69, 9.17) is 10.5 Å². The largest absolute Gasteiger partial charge is 0.477 e. The summed E-state index contributed by atoms with van der Waals surface area (Å²) in [7, 11) is 1.76. The number of nitrogens with two attached hydrogens (primary N) is 1. The van der Waals surface area contributed by atoms with Crippen LogP contribution in [0.4, 0.5) is 5.69 Å². The quantitative estimate of drug-likeness (QED) is 0.843. The first-order valence-corrected chi connectivity index (χ1v) is 5.83. The number of likely N-dealkylation sites (N-methyl/N-ethyl adjacent to an activating group) is 1. The third-order valence-corrected chi connectivity index (χ3v) is 3.09. The van der Waals surface area contributed by atoms with Crippen molar-refractivity contribution < 1.29 is 9.53 Å². The van der Waals surface area contributed by atoms with Gasteiger partial charge >= 0.3 is 0 Å². The van der Waals surface area contributed by atoms with Crippen LogP contribution in [0.3, 0.4) is 0 Å². The molecule has 4 heteroatoms. The lowest BCUT2D eigenvalue weighted by Gasteiger charge is -2.33. The van der Waals surface area contributed by atoms with Crippen LogP contribution in [0.5, 0.6) is 5.75 Å². The smallest absolute Gasteiger partial charge is 0.269 e. The minimum atomic E-state index is -0.563. The second-order valence-corrected chi connectivity index (χ2v) is 4.59. The molecule has 0 saturated carbocycles. The van der Waals surface area contributed by atoms with Crippen molar-refractivity contribution in [2.75, 3.05) is 18.5 Å². The van der Waals surface area contributed by atoms with Gasteiger partial charge in [-0.05, 0) is 17.5 Å². The number of benzene rings is 1. The van der Waals surface area contributed by atoms with Crippen LogP contribution in [0.2, 0.25) is 0 Å². The van der Waals surface area contributed by atoms with Crippen LogP contribution >= 0.6 is 0 Å². The lowest BCUT2D eigenvalue weighted by molar-refractivity contribution is -0.125. The van der Waals surface area contributed by atoms with Crippen LogP contribution in [-0.4, -0.2) is 25.6 Å². The molecule has 1 amide bonds. The van der Waals surface area contributed by atoms with Gasteiger partial charge in [-0.1, -0.05) is 26.0 Å². The molecule has 0 bridgehead atoms. The zero-order valence-electron chi connectivity index (χ0n) is 10.4. The van der Waals surface area contributed by atoms with Gasteiger partial charge in [0.25, 0.3) is 5.91 Å². The summed E-state index contributed by atoms with van der Waals surface area (Å²) >= 11 is 0. The number of para-hydroxylation sites is 1. The number of amides is 1.